The molecular weight excluding hydrogens is 266 g/mol. The first-order chi connectivity index (χ1) is 9.61. The lowest BCUT2D eigenvalue weighted by atomic mass is 9.69. The van der Waals surface area contributed by atoms with Gasteiger partial charge in [0, 0.05) is 12.5 Å². The summed E-state index contributed by atoms with van der Waals surface area (Å²) >= 11 is 0. The number of nitrogens with one attached hydrogen (secondary N) is 1. The van der Waals surface area contributed by atoms with Crippen molar-refractivity contribution in [2.75, 3.05) is 0 Å². The number of hydrogen-bond donors (Lipinski definition) is 2. The third kappa shape index (κ3) is 3.09. The maximum Gasteiger partial charge on any atom is 0.303 e. The lowest BCUT2D eigenvalue weighted by molar-refractivity contribution is -0.141. The van der Waals surface area contributed by atoms with Crippen molar-refractivity contribution in [1.29, 1.82) is 0 Å². The molecule has 2 rings (SSSR count). The Morgan fingerprint density at radius 1 is 1.00 bits per heavy atom. The molecule has 0 atom stereocenters. The molecule has 0 bridgehead atoms. The molecule has 2 aliphatic carbocycles. The van der Waals surface area contributed by atoms with Crippen LogP contribution in [-0.2, 0) is 9.59 Å². The topological polar surface area (TPSA) is 66.4 Å². The van der Waals surface area contributed by atoms with Gasteiger partial charge in [-0.2, -0.15) is 0 Å². The summed E-state index contributed by atoms with van der Waals surface area (Å²) in [6.07, 6.45) is 5.46. The molecule has 21 heavy (non-hydrogen) atoms. The third-order valence-electron chi connectivity index (χ3n) is 6.30. The Morgan fingerprint density at radius 2 is 1.52 bits per heavy atom. The Bertz CT molecular complexity index is 419. The summed E-state index contributed by atoms with van der Waals surface area (Å²) in [6.45, 7) is 8.69. The van der Waals surface area contributed by atoms with Crippen LogP contribution in [0.2, 0.25) is 0 Å². The highest BCUT2D eigenvalue weighted by atomic mass is 16.4. The van der Waals surface area contributed by atoms with E-state index in [0.717, 1.165) is 32.1 Å². The first kappa shape index (κ1) is 16.3. The van der Waals surface area contributed by atoms with Gasteiger partial charge in [0.1, 0.15) is 0 Å². The van der Waals surface area contributed by atoms with Gasteiger partial charge >= 0.3 is 5.97 Å². The average molecular weight is 295 g/mol. The number of carbonyl (C=O) groups is 2. The first-order valence-electron chi connectivity index (χ1n) is 8.12. The number of carbonyl (C=O) groups excluding carboxylic acids is 1. The lowest BCUT2D eigenvalue weighted by Crippen LogP contribution is -2.37. The van der Waals surface area contributed by atoms with Gasteiger partial charge in [-0.15, -0.1) is 0 Å². The highest BCUT2D eigenvalue weighted by molar-refractivity contribution is 5.79. The summed E-state index contributed by atoms with van der Waals surface area (Å²) in [4.78, 5) is 23.6. The maximum atomic E-state index is 12.4. The molecular formula is C17H29NO3. The fourth-order valence-electron chi connectivity index (χ4n) is 4.15. The Labute approximate surface area is 127 Å². The van der Waals surface area contributed by atoms with Gasteiger partial charge in [-0.05, 0) is 29.1 Å². The molecule has 1 amide bonds. The number of amides is 1. The van der Waals surface area contributed by atoms with Crippen molar-refractivity contribution < 1.29 is 14.7 Å². The van der Waals surface area contributed by atoms with Crippen LogP contribution in [0.1, 0.15) is 72.6 Å². The molecule has 2 aliphatic rings. The second-order valence-corrected chi connectivity index (χ2v) is 8.25. The quantitative estimate of drug-likeness (QED) is 0.817. The summed E-state index contributed by atoms with van der Waals surface area (Å²) in [6, 6.07) is 0.197. The van der Waals surface area contributed by atoms with Gasteiger partial charge in [0.15, 0.2) is 0 Å². The van der Waals surface area contributed by atoms with Crippen molar-refractivity contribution >= 4 is 11.9 Å². The van der Waals surface area contributed by atoms with Crippen molar-refractivity contribution in [3.8, 4) is 0 Å². The second kappa shape index (κ2) is 5.29. The first-order valence-corrected chi connectivity index (χ1v) is 8.12. The molecule has 2 saturated carbocycles. The van der Waals surface area contributed by atoms with Crippen LogP contribution in [0.25, 0.3) is 0 Å². The number of rotatable bonds is 5. The Morgan fingerprint density at radius 3 is 1.95 bits per heavy atom. The molecule has 0 saturated heterocycles. The van der Waals surface area contributed by atoms with Crippen molar-refractivity contribution in [1.82, 2.24) is 5.32 Å². The van der Waals surface area contributed by atoms with Crippen molar-refractivity contribution in [3.63, 3.8) is 0 Å². The van der Waals surface area contributed by atoms with Gasteiger partial charge in [0.25, 0.3) is 0 Å². The minimum Gasteiger partial charge on any atom is -0.481 e. The fraction of sp³-hybridized carbons (Fsp3) is 0.882. The summed E-state index contributed by atoms with van der Waals surface area (Å²) in [5.74, 6) is -0.751. The van der Waals surface area contributed by atoms with E-state index in [9.17, 15) is 14.7 Å². The fourth-order valence-corrected chi connectivity index (χ4v) is 4.15. The van der Waals surface area contributed by atoms with Crippen molar-refractivity contribution in [2.45, 2.75) is 78.7 Å². The largest absolute Gasteiger partial charge is 0.481 e. The average Bonchev–Trinajstić information content (AvgIpc) is 2.71. The molecule has 0 spiro atoms. The van der Waals surface area contributed by atoms with E-state index in [2.05, 4.69) is 33.0 Å². The molecule has 2 fully saturated rings. The molecule has 0 heterocycles. The van der Waals surface area contributed by atoms with Crippen LogP contribution in [0.3, 0.4) is 0 Å². The summed E-state index contributed by atoms with van der Waals surface area (Å²) in [7, 11) is 0. The van der Waals surface area contributed by atoms with Crippen LogP contribution in [0.15, 0.2) is 0 Å². The maximum absolute atomic E-state index is 12.4. The minimum absolute atomic E-state index is 0.0294. The normalized spacial score (nSPS) is 26.1. The Hall–Kier alpha value is -1.06. The SMILES string of the molecule is CC1(C)C(NC(=O)CC2(CC(=O)O)CCCCC2)C1(C)C. The molecule has 4 heteroatoms. The minimum atomic E-state index is -0.781. The number of hydrogen-bond acceptors (Lipinski definition) is 2. The number of aliphatic carboxylic acids is 1. The summed E-state index contributed by atoms with van der Waals surface area (Å²) in [5.41, 5.74) is -0.0816. The van der Waals surface area contributed by atoms with E-state index >= 15 is 0 Å². The van der Waals surface area contributed by atoms with E-state index in [1.807, 2.05) is 0 Å². The highest BCUT2D eigenvalue weighted by Crippen LogP contribution is 2.62. The van der Waals surface area contributed by atoms with Crippen LogP contribution in [0.5, 0.6) is 0 Å². The van der Waals surface area contributed by atoms with E-state index in [1.165, 1.54) is 0 Å². The van der Waals surface area contributed by atoms with Crippen LogP contribution in [0, 0.1) is 16.2 Å². The van der Waals surface area contributed by atoms with E-state index in [-0.39, 0.29) is 34.6 Å². The van der Waals surface area contributed by atoms with E-state index in [4.69, 9.17) is 0 Å². The van der Waals surface area contributed by atoms with Crippen LogP contribution in [0.4, 0.5) is 0 Å². The molecule has 120 valence electrons. The summed E-state index contributed by atoms with van der Waals surface area (Å²) < 4.78 is 0. The predicted octanol–water partition coefficient (Wildman–Crippen LogP) is 3.35. The van der Waals surface area contributed by atoms with Gasteiger partial charge in [0.05, 0.1) is 6.42 Å². The highest BCUT2D eigenvalue weighted by Gasteiger charge is 2.65. The van der Waals surface area contributed by atoms with Gasteiger partial charge < -0.3 is 10.4 Å². The number of carboxylic acids is 1. The Balaban J connectivity index is 1.98. The molecule has 0 aromatic heterocycles. The van der Waals surface area contributed by atoms with Gasteiger partial charge in [0.2, 0.25) is 5.91 Å². The zero-order valence-electron chi connectivity index (χ0n) is 13.8. The molecule has 4 nitrogen and oxygen atoms in total. The second-order valence-electron chi connectivity index (χ2n) is 8.25. The van der Waals surface area contributed by atoms with E-state index in [1.54, 1.807) is 0 Å². The molecule has 0 unspecified atom stereocenters. The zero-order chi connectivity index (χ0) is 15.9. The van der Waals surface area contributed by atoms with Crippen LogP contribution < -0.4 is 5.32 Å². The monoisotopic (exact) mass is 295 g/mol. The van der Waals surface area contributed by atoms with Crippen molar-refractivity contribution in [3.05, 3.63) is 0 Å². The molecule has 0 aromatic carbocycles. The van der Waals surface area contributed by atoms with Crippen LogP contribution >= 0.6 is 0 Å². The summed E-state index contributed by atoms with van der Waals surface area (Å²) in [5, 5.41) is 12.3. The smallest absolute Gasteiger partial charge is 0.303 e. The standard InChI is InChI=1S/C17H29NO3/c1-15(2)14(16(15,3)4)18-12(19)10-17(11-13(20)21)8-6-5-7-9-17/h14H,5-11H2,1-4H3,(H,18,19)(H,20,21). The van der Waals surface area contributed by atoms with Gasteiger partial charge in [-0.25, -0.2) is 0 Å². The number of carboxylic acid groups (broad SMARTS) is 1. The zero-order valence-corrected chi connectivity index (χ0v) is 13.8. The molecule has 0 aliphatic heterocycles. The Kier molecular flexibility index (Phi) is 4.11. The third-order valence-corrected chi connectivity index (χ3v) is 6.30. The van der Waals surface area contributed by atoms with E-state index in [0.29, 0.717) is 6.42 Å². The predicted molar refractivity (Wildman–Crippen MR) is 81.9 cm³/mol. The van der Waals surface area contributed by atoms with Gasteiger partial charge in [-0.1, -0.05) is 47.0 Å². The van der Waals surface area contributed by atoms with Crippen LogP contribution in [-0.4, -0.2) is 23.0 Å². The lowest BCUT2D eigenvalue weighted by Gasteiger charge is -2.35. The van der Waals surface area contributed by atoms with Gasteiger partial charge in [-0.3, -0.25) is 9.59 Å². The molecule has 2 N–H and O–H groups in total. The van der Waals surface area contributed by atoms with Crippen molar-refractivity contribution in [2.24, 2.45) is 16.2 Å². The van der Waals surface area contributed by atoms with E-state index < -0.39 is 5.97 Å². The molecule has 0 radical (unpaired) electrons. The molecule has 0 aromatic rings.